The largest absolute Gasteiger partial charge is 0.488 e. The molecule has 0 N–H and O–H groups in total. The Morgan fingerprint density at radius 1 is 1.19 bits per heavy atom. The third-order valence-corrected chi connectivity index (χ3v) is 4.56. The van der Waals surface area contributed by atoms with Gasteiger partial charge in [-0.15, -0.1) is 0 Å². The molecule has 2 aromatic rings. The van der Waals surface area contributed by atoms with Crippen molar-refractivity contribution in [2.45, 2.75) is 18.9 Å². The molecule has 0 aromatic heterocycles. The standard InChI is InChI=1S/C17H16ClIO2/c18-17-6-3-14(19)10-13(17)9-12-1-4-15(5-2-12)21-16-7-8-20-11-16/h1-6,10,16H,7-9,11H2. The lowest BCUT2D eigenvalue weighted by Gasteiger charge is -2.12. The van der Waals surface area contributed by atoms with E-state index in [1.165, 1.54) is 9.13 Å². The van der Waals surface area contributed by atoms with Crippen molar-refractivity contribution in [2.75, 3.05) is 13.2 Å². The average Bonchev–Trinajstić information content (AvgIpc) is 2.98. The smallest absolute Gasteiger partial charge is 0.124 e. The van der Waals surface area contributed by atoms with E-state index in [0.29, 0.717) is 6.61 Å². The zero-order valence-corrected chi connectivity index (χ0v) is 14.4. The first-order valence-corrected chi connectivity index (χ1v) is 8.43. The Bertz CT molecular complexity index is 607. The molecule has 0 saturated carbocycles. The first-order valence-electron chi connectivity index (χ1n) is 6.98. The lowest BCUT2D eigenvalue weighted by atomic mass is 10.0. The molecule has 0 radical (unpaired) electrons. The molecule has 110 valence electrons. The van der Waals surface area contributed by atoms with Crippen LogP contribution in [0.3, 0.4) is 0 Å². The van der Waals surface area contributed by atoms with Crippen LogP contribution in [0.25, 0.3) is 0 Å². The SMILES string of the molecule is Clc1ccc(I)cc1Cc1ccc(OC2CCOC2)cc1. The zero-order chi connectivity index (χ0) is 14.7. The van der Waals surface area contributed by atoms with E-state index >= 15 is 0 Å². The average molecular weight is 415 g/mol. The second-order valence-electron chi connectivity index (χ2n) is 5.16. The lowest BCUT2D eigenvalue weighted by molar-refractivity contribution is 0.141. The number of hydrogen-bond donors (Lipinski definition) is 0. The van der Waals surface area contributed by atoms with Gasteiger partial charge in [0.2, 0.25) is 0 Å². The number of halogens is 2. The molecular weight excluding hydrogens is 399 g/mol. The van der Waals surface area contributed by atoms with Crippen molar-refractivity contribution < 1.29 is 9.47 Å². The van der Waals surface area contributed by atoms with Crippen LogP contribution in [-0.4, -0.2) is 19.3 Å². The summed E-state index contributed by atoms with van der Waals surface area (Å²) in [6.07, 6.45) is 2.00. The van der Waals surface area contributed by atoms with Gasteiger partial charge in [0.15, 0.2) is 0 Å². The fourth-order valence-corrected chi connectivity index (χ4v) is 3.12. The van der Waals surface area contributed by atoms with Gasteiger partial charge in [-0.25, -0.2) is 0 Å². The minimum Gasteiger partial charge on any atom is -0.488 e. The van der Waals surface area contributed by atoms with Crippen LogP contribution < -0.4 is 4.74 Å². The number of ether oxygens (including phenoxy) is 2. The summed E-state index contributed by atoms with van der Waals surface area (Å²) in [7, 11) is 0. The molecule has 21 heavy (non-hydrogen) atoms. The highest BCUT2D eigenvalue weighted by molar-refractivity contribution is 14.1. The van der Waals surface area contributed by atoms with Crippen molar-refractivity contribution in [3.05, 3.63) is 62.2 Å². The van der Waals surface area contributed by atoms with Crippen LogP contribution in [0.4, 0.5) is 0 Å². The Morgan fingerprint density at radius 3 is 2.71 bits per heavy atom. The summed E-state index contributed by atoms with van der Waals surface area (Å²) in [6.45, 7) is 1.49. The van der Waals surface area contributed by atoms with Crippen molar-refractivity contribution in [1.82, 2.24) is 0 Å². The van der Waals surface area contributed by atoms with E-state index in [-0.39, 0.29) is 6.10 Å². The molecule has 1 atom stereocenters. The molecule has 0 spiro atoms. The molecule has 1 saturated heterocycles. The van der Waals surface area contributed by atoms with Gasteiger partial charge in [-0.05, 0) is 70.5 Å². The second kappa shape index (κ2) is 6.99. The minimum atomic E-state index is 0.195. The van der Waals surface area contributed by atoms with Gasteiger partial charge in [0.25, 0.3) is 0 Å². The molecule has 0 amide bonds. The normalized spacial score (nSPS) is 17.9. The lowest BCUT2D eigenvalue weighted by Crippen LogP contribution is -2.15. The van der Waals surface area contributed by atoms with Gasteiger partial charge in [-0.2, -0.15) is 0 Å². The Morgan fingerprint density at radius 2 is 2.00 bits per heavy atom. The Labute approximate surface area is 143 Å². The van der Waals surface area contributed by atoms with Gasteiger partial charge < -0.3 is 9.47 Å². The molecule has 2 aromatic carbocycles. The maximum absolute atomic E-state index is 6.25. The molecule has 3 rings (SSSR count). The van der Waals surface area contributed by atoms with Crippen LogP contribution in [-0.2, 0) is 11.2 Å². The predicted molar refractivity (Wildman–Crippen MR) is 93.3 cm³/mol. The second-order valence-corrected chi connectivity index (χ2v) is 6.81. The predicted octanol–water partition coefficient (Wildman–Crippen LogP) is 4.70. The highest BCUT2D eigenvalue weighted by Gasteiger charge is 2.16. The molecule has 1 fully saturated rings. The fourth-order valence-electron chi connectivity index (χ4n) is 2.38. The van der Waals surface area contributed by atoms with Gasteiger partial charge in [0, 0.05) is 15.0 Å². The summed E-state index contributed by atoms with van der Waals surface area (Å²) in [4.78, 5) is 0. The third-order valence-electron chi connectivity index (χ3n) is 3.52. The highest BCUT2D eigenvalue weighted by Crippen LogP contribution is 2.23. The van der Waals surface area contributed by atoms with Crippen molar-refractivity contribution in [2.24, 2.45) is 0 Å². The van der Waals surface area contributed by atoms with Gasteiger partial charge in [-0.3, -0.25) is 0 Å². The topological polar surface area (TPSA) is 18.5 Å². The first-order chi connectivity index (χ1) is 10.2. The summed E-state index contributed by atoms with van der Waals surface area (Å²) < 4.78 is 12.4. The number of rotatable bonds is 4. The molecular formula is C17H16ClIO2. The zero-order valence-electron chi connectivity index (χ0n) is 11.5. The van der Waals surface area contributed by atoms with Gasteiger partial charge in [0.1, 0.15) is 11.9 Å². The van der Waals surface area contributed by atoms with E-state index in [1.54, 1.807) is 0 Å². The van der Waals surface area contributed by atoms with Crippen LogP contribution in [0.5, 0.6) is 5.75 Å². The van der Waals surface area contributed by atoms with Crippen LogP contribution in [0.2, 0.25) is 5.02 Å². The Kier molecular flexibility index (Phi) is 5.03. The van der Waals surface area contributed by atoms with Gasteiger partial charge >= 0.3 is 0 Å². The number of hydrogen-bond acceptors (Lipinski definition) is 2. The Hall–Kier alpha value is -0.780. The maximum Gasteiger partial charge on any atom is 0.124 e. The van der Waals surface area contributed by atoms with Crippen LogP contribution in [0, 0.1) is 3.57 Å². The van der Waals surface area contributed by atoms with Crippen molar-refractivity contribution >= 4 is 34.2 Å². The molecule has 1 unspecified atom stereocenters. The minimum absolute atomic E-state index is 0.195. The molecule has 1 aliphatic rings. The van der Waals surface area contributed by atoms with Crippen LogP contribution in [0.1, 0.15) is 17.5 Å². The summed E-state index contributed by atoms with van der Waals surface area (Å²) in [6, 6.07) is 14.3. The highest BCUT2D eigenvalue weighted by atomic mass is 127. The van der Waals surface area contributed by atoms with Crippen molar-refractivity contribution in [1.29, 1.82) is 0 Å². The number of benzene rings is 2. The Balaban J connectivity index is 1.67. The van der Waals surface area contributed by atoms with E-state index in [9.17, 15) is 0 Å². The fraction of sp³-hybridized carbons (Fsp3) is 0.294. The van der Waals surface area contributed by atoms with Crippen molar-refractivity contribution in [3.8, 4) is 5.75 Å². The summed E-state index contributed by atoms with van der Waals surface area (Å²) in [5.41, 5.74) is 2.38. The summed E-state index contributed by atoms with van der Waals surface area (Å²) >= 11 is 8.56. The summed E-state index contributed by atoms with van der Waals surface area (Å²) in [5, 5.41) is 0.818. The molecule has 0 bridgehead atoms. The monoisotopic (exact) mass is 414 g/mol. The molecule has 1 heterocycles. The molecule has 4 heteroatoms. The van der Waals surface area contributed by atoms with E-state index in [1.807, 2.05) is 24.3 Å². The van der Waals surface area contributed by atoms with E-state index in [4.69, 9.17) is 21.1 Å². The third kappa shape index (κ3) is 4.11. The van der Waals surface area contributed by atoms with E-state index in [0.717, 1.165) is 35.8 Å². The quantitative estimate of drug-likeness (QED) is 0.675. The van der Waals surface area contributed by atoms with E-state index < -0.39 is 0 Å². The van der Waals surface area contributed by atoms with E-state index in [2.05, 4.69) is 40.8 Å². The van der Waals surface area contributed by atoms with Gasteiger partial charge in [-0.1, -0.05) is 23.7 Å². The van der Waals surface area contributed by atoms with Crippen molar-refractivity contribution in [3.63, 3.8) is 0 Å². The first kappa shape index (κ1) is 15.1. The molecule has 0 aliphatic carbocycles. The van der Waals surface area contributed by atoms with Gasteiger partial charge in [0.05, 0.1) is 13.2 Å². The molecule has 2 nitrogen and oxygen atoms in total. The van der Waals surface area contributed by atoms with Crippen LogP contribution in [0.15, 0.2) is 42.5 Å². The maximum atomic E-state index is 6.25. The molecule has 1 aliphatic heterocycles. The van der Waals surface area contributed by atoms with Crippen LogP contribution >= 0.6 is 34.2 Å². The summed E-state index contributed by atoms with van der Waals surface area (Å²) in [5.74, 6) is 0.906.